The van der Waals surface area contributed by atoms with Gasteiger partial charge in [0.05, 0.1) is 31.8 Å². The fourth-order valence-corrected chi connectivity index (χ4v) is 4.25. The monoisotopic (exact) mass is 488 g/mol. The van der Waals surface area contributed by atoms with Gasteiger partial charge in [0, 0.05) is 47.6 Å². The van der Waals surface area contributed by atoms with Crippen molar-refractivity contribution in [3.05, 3.63) is 66.7 Å². The summed E-state index contributed by atoms with van der Waals surface area (Å²) >= 11 is 0. The van der Waals surface area contributed by atoms with Crippen LogP contribution in [0, 0.1) is 0 Å². The predicted molar refractivity (Wildman–Crippen MR) is 142 cm³/mol. The van der Waals surface area contributed by atoms with Gasteiger partial charge in [0.1, 0.15) is 11.5 Å². The summed E-state index contributed by atoms with van der Waals surface area (Å²) in [5.41, 5.74) is 2.85. The summed E-state index contributed by atoms with van der Waals surface area (Å²) in [6.45, 7) is 5.37. The van der Waals surface area contributed by atoms with Crippen molar-refractivity contribution in [1.29, 1.82) is 0 Å². The maximum atomic E-state index is 12.0. The van der Waals surface area contributed by atoms with Gasteiger partial charge in [-0.2, -0.15) is 0 Å². The van der Waals surface area contributed by atoms with Crippen LogP contribution in [0.4, 0.5) is 5.69 Å². The van der Waals surface area contributed by atoms with Gasteiger partial charge in [0.2, 0.25) is 5.91 Å². The van der Waals surface area contributed by atoms with E-state index in [0.29, 0.717) is 32.8 Å². The third-order valence-corrected chi connectivity index (χ3v) is 5.82. The van der Waals surface area contributed by atoms with Crippen LogP contribution in [0.5, 0.6) is 11.5 Å². The Morgan fingerprint density at radius 2 is 1.56 bits per heavy atom. The Balaban J connectivity index is 1.34. The number of anilines is 1. The highest BCUT2D eigenvalue weighted by Crippen LogP contribution is 2.32. The molecular weight excluding hydrogens is 456 g/mol. The molecule has 1 heterocycles. The summed E-state index contributed by atoms with van der Waals surface area (Å²) in [6.07, 6.45) is 2.00. The lowest BCUT2D eigenvalue weighted by atomic mass is 10.1. The average Bonchev–Trinajstić information content (AvgIpc) is 3.18. The van der Waals surface area contributed by atoms with E-state index >= 15 is 0 Å². The molecule has 0 atom stereocenters. The molecule has 0 saturated heterocycles. The Kier molecular flexibility index (Phi) is 8.44. The molecule has 0 aliphatic heterocycles. The molecule has 0 spiro atoms. The summed E-state index contributed by atoms with van der Waals surface area (Å²) in [4.78, 5) is 23.2. The van der Waals surface area contributed by atoms with E-state index in [1.807, 2.05) is 55.5 Å². The number of para-hydroxylation sites is 1. The van der Waals surface area contributed by atoms with Gasteiger partial charge < -0.3 is 24.1 Å². The largest absolute Gasteiger partial charge is 0.494 e. The zero-order valence-corrected chi connectivity index (χ0v) is 20.8. The average molecular weight is 489 g/mol. The molecule has 4 rings (SSSR count). The van der Waals surface area contributed by atoms with Crippen LogP contribution in [-0.4, -0.2) is 36.3 Å². The van der Waals surface area contributed by atoms with Crippen LogP contribution < -0.4 is 14.8 Å². The van der Waals surface area contributed by atoms with Gasteiger partial charge in [-0.15, -0.1) is 0 Å². The Labute approximate surface area is 210 Å². The standard InChI is InChI=1S/C29H32N2O5/c1-3-34-29(33)15-16-31-27-12-5-4-11-25(27)26-14-13-24(20-28(26)31)36-18-7-6-17-35-23-10-8-9-22(19-23)30-21(2)32/h4-5,8-14,19-20H,3,6-7,15-18H2,1-2H3,(H,30,32). The van der Waals surface area contributed by atoms with E-state index < -0.39 is 0 Å². The number of fused-ring (bicyclic) bond motifs is 3. The number of hydrogen-bond acceptors (Lipinski definition) is 5. The molecule has 3 aromatic carbocycles. The van der Waals surface area contributed by atoms with Crippen LogP contribution in [0.3, 0.4) is 0 Å². The molecule has 0 fully saturated rings. The number of aromatic nitrogens is 1. The number of benzene rings is 3. The minimum Gasteiger partial charge on any atom is -0.494 e. The fourth-order valence-electron chi connectivity index (χ4n) is 4.25. The first kappa shape index (κ1) is 25.1. The summed E-state index contributed by atoms with van der Waals surface area (Å²) in [7, 11) is 0. The molecule has 1 amide bonds. The van der Waals surface area contributed by atoms with E-state index in [1.54, 1.807) is 0 Å². The molecule has 7 nitrogen and oxygen atoms in total. The summed E-state index contributed by atoms with van der Waals surface area (Å²) in [5, 5.41) is 5.05. The van der Waals surface area contributed by atoms with Crippen molar-refractivity contribution >= 4 is 39.4 Å². The van der Waals surface area contributed by atoms with Crippen LogP contribution in [0.1, 0.15) is 33.1 Å². The SMILES string of the molecule is CCOC(=O)CCn1c2ccccc2c2ccc(OCCCCOc3cccc(NC(C)=O)c3)cc21. The van der Waals surface area contributed by atoms with E-state index in [9.17, 15) is 9.59 Å². The molecule has 7 heteroatoms. The molecule has 36 heavy (non-hydrogen) atoms. The number of ether oxygens (including phenoxy) is 3. The van der Waals surface area contributed by atoms with Crippen molar-refractivity contribution in [1.82, 2.24) is 4.57 Å². The van der Waals surface area contributed by atoms with Crippen molar-refractivity contribution < 1.29 is 23.8 Å². The Morgan fingerprint density at radius 3 is 2.31 bits per heavy atom. The predicted octanol–water partition coefficient (Wildman–Crippen LogP) is 5.94. The summed E-state index contributed by atoms with van der Waals surface area (Å²) < 4.78 is 19.1. The van der Waals surface area contributed by atoms with Gasteiger partial charge >= 0.3 is 5.97 Å². The second kappa shape index (κ2) is 12.1. The number of unbranched alkanes of at least 4 members (excludes halogenated alkanes) is 1. The Morgan fingerprint density at radius 1 is 0.833 bits per heavy atom. The highest BCUT2D eigenvalue weighted by Gasteiger charge is 2.13. The molecule has 0 aliphatic carbocycles. The third kappa shape index (κ3) is 6.36. The minimum atomic E-state index is -0.195. The normalized spacial score (nSPS) is 10.9. The number of carbonyl (C=O) groups is 2. The Bertz CT molecular complexity index is 1340. The van der Waals surface area contributed by atoms with Crippen LogP contribution in [0.15, 0.2) is 66.7 Å². The van der Waals surface area contributed by atoms with Gasteiger partial charge in [-0.05, 0) is 50.1 Å². The van der Waals surface area contributed by atoms with Crippen molar-refractivity contribution in [2.75, 3.05) is 25.1 Å². The number of rotatable bonds is 12. The van der Waals surface area contributed by atoms with Crippen LogP contribution in [0.2, 0.25) is 0 Å². The number of aryl methyl sites for hydroxylation is 1. The quantitative estimate of drug-likeness (QED) is 0.197. The molecule has 1 aromatic heterocycles. The van der Waals surface area contributed by atoms with Gasteiger partial charge in [-0.1, -0.05) is 24.3 Å². The molecule has 188 valence electrons. The molecule has 0 unspecified atom stereocenters. The van der Waals surface area contributed by atoms with Gasteiger partial charge in [0.25, 0.3) is 0 Å². The van der Waals surface area contributed by atoms with Crippen molar-refractivity contribution in [3.8, 4) is 11.5 Å². The highest BCUT2D eigenvalue weighted by molar-refractivity contribution is 6.08. The first-order chi connectivity index (χ1) is 17.5. The molecular formula is C29H32N2O5. The summed E-state index contributed by atoms with van der Waals surface area (Å²) in [5.74, 6) is 1.22. The highest BCUT2D eigenvalue weighted by atomic mass is 16.5. The summed E-state index contributed by atoms with van der Waals surface area (Å²) in [6, 6.07) is 21.7. The number of nitrogens with zero attached hydrogens (tertiary/aromatic N) is 1. The maximum absolute atomic E-state index is 12.0. The minimum absolute atomic E-state index is 0.109. The smallest absolute Gasteiger partial charge is 0.307 e. The number of amides is 1. The van der Waals surface area contributed by atoms with Crippen molar-refractivity contribution in [3.63, 3.8) is 0 Å². The van der Waals surface area contributed by atoms with E-state index in [2.05, 4.69) is 28.1 Å². The molecule has 0 bridgehead atoms. The second-order valence-electron chi connectivity index (χ2n) is 8.52. The van der Waals surface area contributed by atoms with Gasteiger partial charge in [-0.25, -0.2) is 0 Å². The zero-order chi connectivity index (χ0) is 25.3. The maximum Gasteiger partial charge on any atom is 0.307 e. The Hall–Kier alpha value is -4.00. The number of esters is 1. The number of hydrogen-bond donors (Lipinski definition) is 1. The van der Waals surface area contributed by atoms with Crippen molar-refractivity contribution in [2.45, 2.75) is 39.7 Å². The molecule has 0 aliphatic rings. The van der Waals surface area contributed by atoms with E-state index in [-0.39, 0.29) is 11.9 Å². The molecule has 4 aromatic rings. The lowest BCUT2D eigenvalue weighted by molar-refractivity contribution is -0.143. The number of nitrogens with one attached hydrogen (secondary N) is 1. The zero-order valence-electron chi connectivity index (χ0n) is 20.8. The number of carbonyl (C=O) groups excluding carboxylic acids is 2. The van der Waals surface area contributed by atoms with Gasteiger partial charge in [0.15, 0.2) is 0 Å². The van der Waals surface area contributed by atoms with Gasteiger partial charge in [-0.3, -0.25) is 9.59 Å². The van der Waals surface area contributed by atoms with Crippen LogP contribution >= 0.6 is 0 Å². The lowest BCUT2D eigenvalue weighted by Gasteiger charge is -2.10. The fraction of sp³-hybridized carbons (Fsp3) is 0.310. The topological polar surface area (TPSA) is 78.8 Å². The van der Waals surface area contributed by atoms with E-state index in [4.69, 9.17) is 14.2 Å². The first-order valence-corrected chi connectivity index (χ1v) is 12.3. The molecule has 1 N–H and O–H groups in total. The third-order valence-electron chi connectivity index (χ3n) is 5.82. The molecule has 0 radical (unpaired) electrons. The van der Waals surface area contributed by atoms with E-state index in [1.165, 1.54) is 6.92 Å². The van der Waals surface area contributed by atoms with Crippen LogP contribution in [-0.2, 0) is 20.9 Å². The first-order valence-electron chi connectivity index (χ1n) is 12.3. The molecule has 0 saturated carbocycles. The second-order valence-corrected chi connectivity index (χ2v) is 8.52. The lowest BCUT2D eigenvalue weighted by Crippen LogP contribution is -2.09. The van der Waals surface area contributed by atoms with Crippen molar-refractivity contribution in [2.24, 2.45) is 0 Å². The van der Waals surface area contributed by atoms with E-state index in [0.717, 1.165) is 51.8 Å². The van der Waals surface area contributed by atoms with Crippen LogP contribution in [0.25, 0.3) is 21.8 Å².